The van der Waals surface area contributed by atoms with Gasteiger partial charge in [0, 0.05) is 20.1 Å². The number of carbonyl (C=O) groups is 2. The minimum absolute atomic E-state index is 0.105. The molecule has 2 N–H and O–H groups in total. The van der Waals surface area contributed by atoms with Gasteiger partial charge >= 0.3 is 5.97 Å². The van der Waals surface area contributed by atoms with Crippen LogP contribution in [0.2, 0.25) is 0 Å². The fraction of sp³-hybridized carbons (Fsp3) is 0.833. The van der Waals surface area contributed by atoms with Gasteiger partial charge in [-0.3, -0.25) is 9.59 Å². The summed E-state index contributed by atoms with van der Waals surface area (Å²) < 4.78 is 10.1. The van der Waals surface area contributed by atoms with Gasteiger partial charge in [-0.15, -0.1) is 0 Å². The molecule has 0 aromatic heterocycles. The molecule has 0 bridgehead atoms. The van der Waals surface area contributed by atoms with E-state index >= 15 is 0 Å². The van der Waals surface area contributed by atoms with Crippen LogP contribution in [0.25, 0.3) is 0 Å². The summed E-state index contributed by atoms with van der Waals surface area (Å²) in [5, 5.41) is 11.9. The molecular formula is C12H21NO5. The highest BCUT2D eigenvalue weighted by Crippen LogP contribution is 2.28. The zero-order valence-electron chi connectivity index (χ0n) is 11.1. The standard InChI is InChI=1S/C12H21NO5/c1-8(5-17-3)4-10(14)13-9-6-18-7-12(9,2)11(15)16/h8-9H,4-7H2,1-3H3,(H,13,14)(H,15,16). The fourth-order valence-electron chi connectivity index (χ4n) is 2.00. The lowest BCUT2D eigenvalue weighted by Crippen LogP contribution is -2.50. The van der Waals surface area contributed by atoms with Crippen molar-refractivity contribution in [2.24, 2.45) is 11.3 Å². The van der Waals surface area contributed by atoms with Gasteiger partial charge in [0.25, 0.3) is 0 Å². The molecule has 3 unspecified atom stereocenters. The van der Waals surface area contributed by atoms with E-state index in [0.717, 1.165) is 0 Å². The zero-order chi connectivity index (χ0) is 13.8. The van der Waals surface area contributed by atoms with Crippen LogP contribution in [0.4, 0.5) is 0 Å². The number of carboxylic acid groups (broad SMARTS) is 1. The summed E-state index contributed by atoms with van der Waals surface area (Å²) in [5.74, 6) is -1.01. The van der Waals surface area contributed by atoms with Gasteiger partial charge in [-0.1, -0.05) is 6.92 Å². The van der Waals surface area contributed by atoms with E-state index in [1.165, 1.54) is 0 Å². The number of amides is 1. The molecule has 6 nitrogen and oxygen atoms in total. The Labute approximate surface area is 107 Å². The van der Waals surface area contributed by atoms with E-state index in [1.807, 2.05) is 6.92 Å². The maximum atomic E-state index is 11.8. The van der Waals surface area contributed by atoms with Crippen LogP contribution in [0.5, 0.6) is 0 Å². The van der Waals surface area contributed by atoms with Crippen LogP contribution in [0.1, 0.15) is 20.3 Å². The van der Waals surface area contributed by atoms with E-state index in [-0.39, 0.29) is 25.0 Å². The normalized spacial score (nSPS) is 28.9. The molecule has 6 heteroatoms. The van der Waals surface area contributed by atoms with Crippen molar-refractivity contribution in [1.29, 1.82) is 0 Å². The van der Waals surface area contributed by atoms with Gasteiger partial charge < -0.3 is 19.9 Å². The first-order valence-electron chi connectivity index (χ1n) is 5.99. The lowest BCUT2D eigenvalue weighted by molar-refractivity contribution is -0.149. The Morgan fingerprint density at radius 2 is 2.28 bits per heavy atom. The van der Waals surface area contributed by atoms with Crippen molar-refractivity contribution in [2.45, 2.75) is 26.3 Å². The zero-order valence-corrected chi connectivity index (χ0v) is 11.1. The summed E-state index contributed by atoms with van der Waals surface area (Å²) in [5.41, 5.74) is -1.04. The minimum Gasteiger partial charge on any atom is -0.481 e. The van der Waals surface area contributed by atoms with E-state index in [0.29, 0.717) is 13.0 Å². The van der Waals surface area contributed by atoms with Crippen molar-refractivity contribution in [1.82, 2.24) is 5.32 Å². The molecular weight excluding hydrogens is 238 g/mol. The maximum Gasteiger partial charge on any atom is 0.313 e. The Kier molecular flexibility index (Phi) is 5.10. The van der Waals surface area contributed by atoms with Crippen molar-refractivity contribution in [3.05, 3.63) is 0 Å². The topological polar surface area (TPSA) is 84.9 Å². The maximum absolute atomic E-state index is 11.8. The molecule has 1 rings (SSSR count). The summed E-state index contributed by atoms with van der Waals surface area (Å²) in [4.78, 5) is 23.0. The summed E-state index contributed by atoms with van der Waals surface area (Å²) in [6, 6.07) is -0.475. The quantitative estimate of drug-likeness (QED) is 0.715. The Balaban J connectivity index is 2.51. The number of rotatable bonds is 6. The first-order valence-corrected chi connectivity index (χ1v) is 5.99. The minimum atomic E-state index is -1.04. The molecule has 3 atom stereocenters. The molecule has 1 heterocycles. The Morgan fingerprint density at radius 1 is 1.61 bits per heavy atom. The number of methoxy groups -OCH3 is 1. The molecule has 0 spiro atoms. The van der Waals surface area contributed by atoms with Crippen LogP contribution in [0.3, 0.4) is 0 Å². The Bertz CT molecular complexity index is 320. The molecule has 0 saturated carbocycles. The van der Waals surface area contributed by atoms with Gasteiger partial charge in [0.2, 0.25) is 5.91 Å². The molecule has 1 aliphatic rings. The summed E-state index contributed by atoms with van der Waals surface area (Å²) in [6.45, 7) is 4.37. The fourth-order valence-corrected chi connectivity index (χ4v) is 2.00. The van der Waals surface area contributed by atoms with Crippen molar-refractivity contribution >= 4 is 11.9 Å². The van der Waals surface area contributed by atoms with E-state index in [2.05, 4.69) is 5.32 Å². The predicted molar refractivity (Wildman–Crippen MR) is 64.1 cm³/mol. The third-order valence-corrected chi connectivity index (χ3v) is 3.26. The van der Waals surface area contributed by atoms with Gasteiger partial charge in [-0.2, -0.15) is 0 Å². The van der Waals surface area contributed by atoms with Crippen molar-refractivity contribution < 1.29 is 24.2 Å². The van der Waals surface area contributed by atoms with Crippen LogP contribution in [0, 0.1) is 11.3 Å². The molecule has 0 radical (unpaired) electrons. The molecule has 18 heavy (non-hydrogen) atoms. The number of carboxylic acids is 1. The summed E-state index contributed by atoms with van der Waals surface area (Å²) in [7, 11) is 1.58. The van der Waals surface area contributed by atoms with Crippen molar-refractivity contribution in [2.75, 3.05) is 26.9 Å². The number of carbonyl (C=O) groups excluding carboxylic acids is 1. The van der Waals surface area contributed by atoms with Crippen LogP contribution in [-0.2, 0) is 19.1 Å². The highest BCUT2D eigenvalue weighted by molar-refractivity contribution is 5.80. The summed E-state index contributed by atoms with van der Waals surface area (Å²) >= 11 is 0. The smallest absolute Gasteiger partial charge is 0.313 e. The Morgan fingerprint density at radius 3 is 2.83 bits per heavy atom. The largest absolute Gasteiger partial charge is 0.481 e. The molecule has 1 saturated heterocycles. The summed E-state index contributed by atoms with van der Waals surface area (Å²) in [6.07, 6.45) is 0.319. The predicted octanol–water partition coefficient (Wildman–Crippen LogP) is 0.265. The van der Waals surface area contributed by atoms with Crippen LogP contribution in [-0.4, -0.2) is 50.0 Å². The molecule has 1 amide bonds. The average Bonchev–Trinajstić information content (AvgIpc) is 2.61. The second-order valence-electron chi connectivity index (χ2n) is 5.12. The second-order valence-corrected chi connectivity index (χ2v) is 5.12. The van der Waals surface area contributed by atoms with Gasteiger partial charge in [0.1, 0.15) is 5.41 Å². The second kappa shape index (κ2) is 6.15. The van der Waals surface area contributed by atoms with E-state index in [1.54, 1.807) is 14.0 Å². The monoisotopic (exact) mass is 259 g/mol. The lowest BCUT2D eigenvalue weighted by atomic mass is 9.85. The number of hydrogen-bond acceptors (Lipinski definition) is 4. The Hall–Kier alpha value is -1.14. The number of nitrogens with one attached hydrogen (secondary N) is 1. The highest BCUT2D eigenvalue weighted by Gasteiger charge is 2.47. The molecule has 104 valence electrons. The first-order chi connectivity index (χ1) is 8.40. The van der Waals surface area contributed by atoms with E-state index < -0.39 is 17.4 Å². The molecule has 1 fully saturated rings. The third-order valence-electron chi connectivity index (χ3n) is 3.26. The van der Waals surface area contributed by atoms with Gasteiger partial charge in [-0.05, 0) is 12.8 Å². The third kappa shape index (κ3) is 3.43. The number of aliphatic carboxylic acids is 1. The molecule has 0 aromatic rings. The van der Waals surface area contributed by atoms with E-state index in [4.69, 9.17) is 9.47 Å². The molecule has 1 aliphatic heterocycles. The van der Waals surface area contributed by atoms with Gasteiger partial charge in [-0.25, -0.2) is 0 Å². The van der Waals surface area contributed by atoms with Crippen molar-refractivity contribution in [3.63, 3.8) is 0 Å². The SMILES string of the molecule is COCC(C)CC(=O)NC1COCC1(C)C(=O)O. The van der Waals surface area contributed by atoms with Gasteiger partial charge in [0.05, 0.1) is 19.3 Å². The van der Waals surface area contributed by atoms with Crippen LogP contribution >= 0.6 is 0 Å². The molecule has 0 aliphatic carbocycles. The lowest BCUT2D eigenvalue weighted by Gasteiger charge is -2.25. The van der Waals surface area contributed by atoms with E-state index in [9.17, 15) is 14.7 Å². The highest BCUT2D eigenvalue weighted by atomic mass is 16.5. The molecule has 0 aromatic carbocycles. The average molecular weight is 259 g/mol. The van der Waals surface area contributed by atoms with Crippen LogP contribution in [0.15, 0.2) is 0 Å². The van der Waals surface area contributed by atoms with Crippen molar-refractivity contribution in [3.8, 4) is 0 Å². The van der Waals surface area contributed by atoms with Crippen LogP contribution < -0.4 is 5.32 Å². The number of hydrogen-bond donors (Lipinski definition) is 2. The van der Waals surface area contributed by atoms with Gasteiger partial charge in [0.15, 0.2) is 0 Å². The first kappa shape index (κ1) is 14.9. The number of ether oxygens (including phenoxy) is 2.